The van der Waals surface area contributed by atoms with Crippen molar-refractivity contribution in [2.24, 2.45) is 0 Å². The lowest BCUT2D eigenvalue weighted by Crippen LogP contribution is -2.08. The van der Waals surface area contributed by atoms with E-state index >= 15 is 0 Å². The molecule has 0 aliphatic heterocycles. The van der Waals surface area contributed by atoms with Gasteiger partial charge in [-0.1, -0.05) is 17.2 Å². The Labute approximate surface area is 132 Å². The zero-order chi connectivity index (χ0) is 16.5. The Hall–Kier alpha value is -2.10. The molecule has 22 heavy (non-hydrogen) atoms. The van der Waals surface area contributed by atoms with E-state index in [0.29, 0.717) is 18.1 Å². The number of aromatic nitrogens is 1. The van der Waals surface area contributed by atoms with Gasteiger partial charge in [0.1, 0.15) is 12.2 Å². The fourth-order valence-corrected chi connectivity index (χ4v) is 1.86. The fraction of sp³-hybridized carbons (Fsp3) is 0.444. The van der Waals surface area contributed by atoms with Crippen LogP contribution in [-0.2, 0) is 4.74 Å². The van der Waals surface area contributed by atoms with E-state index in [2.05, 4.69) is 31.8 Å². The molecule has 120 valence electrons. The standard InChI is InChI=1S/C18H25NO3/c1-13(2)7-6-8-14(3)11-12-22-17-16(18(20)21-5)10-9-15(4)19-17/h7,9-11H,6,8,12H2,1-5H3. The van der Waals surface area contributed by atoms with Crippen molar-refractivity contribution in [2.45, 2.75) is 40.5 Å². The molecule has 1 heterocycles. The third kappa shape index (κ3) is 6.12. The van der Waals surface area contributed by atoms with Crippen LogP contribution in [0.2, 0.25) is 0 Å². The minimum absolute atomic E-state index is 0.320. The van der Waals surface area contributed by atoms with Gasteiger partial charge in [-0.3, -0.25) is 0 Å². The van der Waals surface area contributed by atoms with E-state index in [1.54, 1.807) is 12.1 Å². The average molecular weight is 303 g/mol. The first kappa shape index (κ1) is 18.0. The van der Waals surface area contributed by atoms with Gasteiger partial charge in [0.05, 0.1) is 7.11 Å². The molecule has 0 aromatic carbocycles. The van der Waals surface area contributed by atoms with E-state index in [4.69, 9.17) is 9.47 Å². The van der Waals surface area contributed by atoms with Crippen molar-refractivity contribution >= 4 is 5.97 Å². The molecule has 0 spiro atoms. The molecular formula is C18H25NO3. The fourth-order valence-electron chi connectivity index (χ4n) is 1.86. The minimum atomic E-state index is -0.438. The Morgan fingerprint density at radius 1 is 1.23 bits per heavy atom. The molecule has 0 bridgehead atoms. The number of carbonyl (C=O) groups excluding carboxylic acids is 1. The molecule has 0 unspecified atom stereocenters. The van der Waals surface area contributed by atoms with Gasteiger partial charge in [0, 0.05) is 5.69 Å². The highest BCUT2D eigenvalue weighted by Gasteiger charge is 2.14. The van der Waals surface area contributed by atoms with Crippen LogP contribution in [0.5, 0.6) is 5.88 Å². The first-order valence-corrected chi connectivity index (χ1v) is 7.41. The van der Waals surface area contributed by atoms with Gasteiger partial charge in [-0.25, -0.2) is 9.78 Å². The number of hydrogen-bond acceptors (Lipinski definition) is 4. The van der Waals surface area contributed by atoms with E-state index in [0.717, 1.165) is 18.5 Å². The molecule has 0 aliphatic rings. The Morgan fingerprint density at radius 2 is 1.95 bits per heavy atom. The highest BCUT2D eigenvalue weighted by molar-refractivity contribution is 5.91. The second-order valence-corrected chi connectivity index (χ2v) is 5.48. The molecule has 0 saturated carbocycles. The van der Waals surface area contributed by atoms with E-state index in [1.165, 1.54) is 18.3 Å². The van der Waals surface area contributed by atoms with Gasteiger partial charge in [0.2, 0.25) is 5.88 Å². The van der Waals surface area contributed by atoms with Gasteiger partial charge in [-0.15, -0.1) is 0 Å². The first-order chi connectivity index (χ1) is 10.4. The van der Waals surface area contributed by atoms with Gasteiger partial charge >= 0.3 is 5.97 Å². The van der Waals surface area contributed by atoms with Crippen molar-refractivity contribution in [1.29, 1.82) is 0 Å². The molecule has 0 amide bonds. The lowest BCUT2D eigenvalue weighted by atomic mass is 10.1. The van der Waals surface area contributed by atoms with Crippen molar-refractivity contribution in [3.8, 4) is 5.88 Å². The number of pyridine rings is 1. The van der Waals surface area contributed by atoms with Gasteiger partial charge < -0.3 is 9.47 Å². The second-order valence-electron chi connectivity index (χ2n) is 5.48. The van der Waals surface area contributed by atoms with E-state index < -0.39 is 5.97 Å². The van der Waals surface area contributed by atoms with Crippen molar-refractivity contribution in [2.75, 3.05) is 13.7 Å². The molecule has 0 radical (unpaired) electrons. The third-order valence-corrected chi connectivity index (χ3v) is 3.15. The number of allylic oxidation sites excluding steroid dienone is 3. The predicted molar refractivity (Wildman–Crippen MR) is 88.2 cm³/mol. The van der Waals surface area contributed by atoms with Crippen molar-refractivity contribution in [1.82, 2.24) is 4.98 Å². The van der Waals surface area contributed by atoms with Crippen LogP contribution in [0.4, 0.5) is 0 Å². The van der Waals surface area contributed by atoms with Gasteiger partial charge in [0.15, 0.2) is 0 Å². The summed E-state index contributed by atoms with van der Waals surface area (Å²) in [5, 5.41) is 0. The van der Waals surface area contributed by atoms with Crippen LogP contribution in [0, 0.1) is 6.92 Å². The van der Waals surface area contributed by atoms with Crippen LogP contribution >= 0.6 is 0 Å². The lowest BCUT2D eigenvalue weighted by molar-refractivity contribution is 0.0595. The molecule has 0 N–H and O–H groups in total. The van der Waals surface area contributed by atoms with Crippen LogP contribution < -0.4 is 4.74 Å². The highest BCUT2D eigenvalue weighted by atomic mass is 16.5. The van der Waals surface area contributed by atoms with Crippen LogP contribution in [-0.4, -0.2) is 24.7 Å². The summed E-state index contributed by atoms with van der Waals surface area (Å²) in [5.74, 6) is -0.119. The van der Waals surface area contributed by atoms with Gasteiger partial charge in [-0.05, 0) is 58.7 Å². The summed E-state index contributed by atoms with van der Waals surface area (Å²) in [7, 11) is 1.35. The van der Waals surface area contributed by atoms with E-state index in [9.17, 15) is 4.79 Å². The molecular weight excluding hydrogens is 278 g/mol. The van der Waals surface area contributed by atoms with Crippen molar-refractivity contribution in [3.05, 3.63) is 46.7 Å². The maximum absolute atomic E-state index is 11.7. The first-order valence-electron chi connectivity index (χ1n) is 7.41. The summed E-state index contributed by atoms with van der Waals surface area (Å²) >= 11 is 0. The molecule has 4 heteroatoms. The zero-order valence-corrected chi connectivity index (χ0v) is 14.1. The number of methoxy groups -OCH3 is 1. The summed E-state index contributed by atoms with van der Waals surface area (Å²) in [6.07, 6.45) is 6.26. The van der Waals surface area contributed by atoms with Crippen molar-refractivity contribution < 1.29 is 14.3 Å². The molecule has 1 aromatic heterocycles. The predicted octanol–water partition coefficient (Wildman–Crippen LogP) is 4.25. The maximum Gasteiger partial charge on any atom is 0.343 e. The number of ether oxygens (including phenoxy) is 2. The molecule has 0 saturated heterocycles. The molecule has 4 nitrogen and oxygen atoms in total. The summed E-state index contributed by atoms with van der Waals surface area (Å²) < 4.78 is 10.4. The van der Waals surface area contributed by atoms with Crippen LogP contribution in [0.15, 0.2) is 35.4 Å². The van der Waals surface area contributed by atoms with Crippen LogP contribution in [0.3, 0.4) is 0 Å². The number of hydrogen-bond donors (Lipinski definition) is 0. The highest BCUT2D eigenvalue weighted by Crippen LogP contribution is 2.17. The molecule has 1 rings (SSSR count). The maximum atomic E-state index is 11.7. The SMILES string of the molecule is COC(=O)c1ccc(C)nc1OCC=C(C)CCC=C(C)C. The van der Waals surface area contributed by atoms with Gasteiger partial charge in [0.25, 0.3) is 0 Å². The Morgan fingerprint density at radius 3 is 2.59 bits per heavy atom. The quantitative estimate of drug-likeness (QED) is 0.558. The average Bonchev–Trinajstić information content (AvgIpc) is 2.46. The molecule has 0 fully saturated rings. The summed E-state index contributed by atoms with van der Waals surface area (Å²) in [6, 6.07) is 3.44. The van der Waals surface area contributed by atoms with E-state index in [-0.39, 0.29) is 0 Å². The second kappa shape index (κ2) is 9.03. The molecule has 1 aromatic rings. The largest absolute Gasteiger partial charge is 0.473 e. The van der Waals surface area contributed by atoms with Gasteiger partial charge in [-0.2, -0.15) is 0 Å². The third-order valence-electron chi connectivity index (χ3n) is 3.15. The van der Waals surface area contributed by atoms with Crippen LogP contribution in [0.1, 0.15) is 49.7 Å². The molecule has 0 aliphatic carbocycles. The molecule has 0 atom stereocenters. The zero-order valence-electron chi connectivity index (χ0n) is 14.1. The van der Waals surface area contributed by atoms with Crippen molar-refractivity contribution in [3.63, 3.8) is 0 Å². The Bertz CT molecular complexity index is 570. The van der Waals surface area contributed by atoms with E-state index in [1.807, 2.05) is 13.0 Å². The van der Waals surface area contributed by atoms with Crippen LogP contribution in [0.25, 0.3) is 0 Å². The number of carbonyl (C=O) groups is 1. The monoisotopic (exact) mass is 303 g/mol. The number of rotatable bonds is 7. The lowest BCUT2D eigenvalue weighted by Gasteiger charge is -2.09. The number of aryl methyl sites for hydroxylation is 1. The summed E-state index contributed by atoms with van der Waals surface area (Å²) in [6.45, 7) is 8.52. The summed E-state index contributed by atoms with van der Waals surface area (Å²) in [4.78, 5) is 15.9. The topological polar surface area (TPSA) is 48.4 Å². The summed E-state index contributed by atoms with van der Waals surface area (Å²) in [5.41, 5.74) is 3.73. The smallest absolute Gasteiger partial charge is 0.343 e. The normalized spacial score (nSPS) is 11.0. The Balaban J connectivity index is 2.65. The Kier molecular flexibility index (Phi) is 7.37. The number of nitrogens with zero attached hydrogens (tertiary/aromatic N) is 1. The number of esters is 1. The minimum Gasteiger partial charge on any atom is -0.473 e.